The van der Waals surface area contributed by atoms with Gasteiger partial charge in [-0.2, -0.15) is 5.12 Å². The monoisotopic (exact) mass is 157 g/mol. The zero-order chi connectivity index (χ0) is 7.84. The van der Waals surface area contributed by atoms with Crippen LogP contribution in [0.4, 0.5) is 0 Å². The van der Waals surface area contributed by atoms with Crippen LogP contribution in [-0.4, -0.2) is 30.5 Å². The lowest BCUT2D eigenvalue weighted by atomic mass is 10.1. The maximum Gasteiger partial charge on any atom is 0.0946 e. The fraction of sp³-hybridized carbons (Fsp3) is 1.00. The van der Waals surface area contributed by atoms with Crippen molar-refractivity contribution in [1.82, 2.24) is 21.3 Å². The molecule has 3 atom stereocenters. The second kappa shape index (κ2) is 2.69. The molecule has 2 saturated heterocycles. The summed E-state index contributed by atoms with van der Waals surface area (Å²) in [5.41, 5.74) is 12.2. The standard InChI is InChI=1S/C6H15N5/c1-4-5(7)10-11-6(4)8-2-3-9-11/h4-6,8-10H,2-3,7H2,1H3. The summed E-state index contributed by atoms with van der Waals surface area (Å²) in [7, 11) is 0. The Hall–Kier alpha value is -0.200. The van der Waals surface area contributed by atoms with Gasteiger partial charge in [-0.05, 0) is 0 Å². The second-order valence-electron chi connectivity index (χ2n) is 3.19. The van der Waals surface area contributed by atoms with Gasteiger partial charge in [-0.25, -0.2) is 10.9 Å². The summed E-state index contributed by atoms with van der Waals surface area (Å²) in [6.45, 7) is 4.12. The van der Waals surface area contributed by atoms with E-state index >= 15 is 0 Å². The number of rotatable bonds is 0. The average molecular weight is 157 g/mol. The van der Waals surface area contributed by atoms with Crippen LogP contribution in [0.3, 0.4) is 0 Å². The van der Waals surface area contributed by atoms with Crippen LogP contribution in [0.25, 0.3) is 0 Å². The first-order valence-corrected chi connectivity index (χ1v) is 4.07. The molecule has 0 saturated carbocycles. The molecule has 5 heteroatoms. The third-order valence-corrected chi connectivity index (χ3v) is 2.39. The van der Waals surface area contributed by atoms with Gasteiger partial charge in [-0.15, -0.1) is 0 Å². The molecule has 0 radical (unpaired) electrons. The Morgan fingerprint density at radius 2 is 2.27 bits per heavy atom. The van der Waals surface area contributed by atoms with Crippen LogP contribution in [0.5, 0.6) is 0 Å². The Bertz CT molecular complexity index is 150. The highest BCUT2D eigenvalue weighted by Crippen LogP contribution is 2.15. The smallest absolute Gasteiger partial charge is 0.0946 e. The van der Waals surface area contributed by atoms with E-state index in [9.17, 15) is 0 Å². The quantitative estimate of drug-likeness (QED) is 0.333. The van der Waals surface area contributed by atoms with Crippen LogP contribution in [-0.2, 0) is 0 Å². The number of hydrogen-bond donors (Lipinski definition) is 4. The van der Waals surface area contributed by atoms with Gasteiger partial charge in [-0.1, -0.05) is 6.92 Å². The predicted octanol–water partition coefficient (Wildman–Crippen LogP) is -1.84. The van der Waals surface area contributed by atoms with Gasteiger partial charge in [0.1, 0.15) is 0 Å². The van der Waals surface area contributed by atoms with Gasteiger partial charge in [0.25, 0.3) is 0 Å². The molecule has 0 aromatic rings. The maximum atomic E-state index is 5.81. The summed E-state index contributed by atoms with van der Waals surface area (Å²) in [4.78, 5) is 0. The summed E-state index contributed by atoms with van der Waals surface area (Å²) in [6, 6.07) is 0. The van der Waals surface area contributed by atoms with Gasteiger partial charge < -0.3 is 5.73 Å². The number of hydrazine groups is 2. The van der Waals surface area contributed by atoms with Crippen LogP contribution in [0.1, 0.15) is 6.92 Å². The van der Waals surface area contributed by atoms with Gasteiger partial charge in [0, 0.05) is 19.0 Å². The van der Waals surface area contributed by atoms with Crippen molar-refractivity contribution in [1.29, 1.82) is 0 Å². The van der Waals surface area contributed by atoms with E-state index in [4.69, 9.17) is 5.73 Å². The van der Waals surface area contributed by atoms with Gasteiger partial charge in [0.15, 0.2) is 0 Å². The molecular weight excluding hydrogens is 142 g/mol. The molecule has 2 aliphatic heterocycles. The summed E-state index contributed by atoms with van der Waals surface area (Å²) in [6.07, 6.45) is 0.414. The lowest BCUT2D eigenvalue weighted by Crippen LogP contribution is -2.61. The highest BCUT2D eigenvalue weighted by molar-refractivity contribution is 4.86. The Labute approximate surface area is 66.2 Å². The van der Waals surface area contributed by atoms with E-state index in [-0.39, 0.29) is 6.17 Å². The average Bonchev–Trinajstić information content (AvgIpc) is 2.30. The zero-order valence-electron chi connectivity index (χ0n) is 6.67. The minimum atomic E-state index is 0.0677. The number of nitrogens with two attached hydrogens (primary N) is 1. The lowest BCUT2D eigenvalue weighted by molar-refractivity contribution is 0.0514. The third kappa shape index (κ3) is 1.15. The van der Waals surface area contributed by atoms with E-state index < -0.39 is 0 Å². The van der Waals surface area contributed by atoms with E-state index in [2.05, 4.69) is 23.1 Å². The van der Waals surface area contributed by atoms with Crippen LogP contribution < -0.4 is 21.9 Å². The van der Waals surface area contributed by atoms with E-state index in [1.54, 1.807) is 0 Å². The topological polar surface area (TPSA) is 65.3 Å². The van der Waals surface area contributed by atoms with Crippen LogP contribution in [0.15, 0.2) is 0 Å². The largest absolute Gasteiger partial charge is 0.315 e. The molecule has 0 aromatic heterocycles. The van der Waals surface area contributed by atoms with Crippen molar-refractivity contribution in [2.45, 2.75) is 19.3 Å². The van der Waals surface area contributed by atoms with E-state index in [0.717, 1.165) is 13.1 Å². The molecule has 2 heterocycles. The van der Waals surface area contributed by atoms with Crippen molar-refractivity contribution >= 4 is 0 Å². The SMILES string of the molecule is CC1C(N)NN2NCCNC12. The third-order valence-electron chi connectivity index (χ3n) is 2.39. The van der Waals surface area contributed by atoms with Crippen LogP contribution in [0, 0.1) is 5.92 Å². The molecule has 5 N–H and O–H groups in total. The number of nitrogens with zero attached hydrogens (tertiary/aromatic N) is 1. The number of nitrogens with one attached hydrogen (secondary N) is 3. The Morgan fingerprint density at radius 3 is 3.00 bits per heavy atom. The van der Waals surface area contributed by atoms with Crippen molar-refractivity contribution in [2.24, 2.45) is 11.7 Å². The van der Waals surface area contributed by atoms with Gasteiger partial charge in [-0.3, -0.25) is 5.32 Å². The van der Waals surface area contributed by atoms with E-state index in [1.807, 2.05) is 5.12 Å². The predicted molar refractivity (Wildman–Crippen MR) is 41.9 cm³/mol. The Balaban J connectivity index is 2.05. The molecule has 3 unspecified atom stereocenters. The molecular formula is C6H15N5. The molecule has 0 aliphatic carbocycles. The molecule has 0 spiro atoms. The maximum absolute atomic E-state index is 5.81. The van der Waals surface area contributed by atoms with E-state index in [0.29, 0.717) is 12.1 Å². The molecule has 0 amide bonds. The molecule has 64 valence electrons. The van der Waals surface area contributed by atoms with Crippen molar-refractivity contribution in [3.63, 3.8) is 0 Å². The van der Waals surface area contributed by atoms with Gasteiger partial charge in [0.2, 0.25) is 0 Å². The minimum absolute atomic E-state index is 0.0677. The Morgan fingerprint density at radius 1 is 1.45 bits per heavy atom. The summed E-state index contributed by atoms with van der Waals surface area (Å²) in [5.74, 6) is 0.447. The van der Waals surface area contributed by atoms with Crippen molar-refractivity contribution in [2.75, 3.05) is 13.1 Å². The first-order chi connectivity index (χ1) is 5.29. The normalized spacial score (nSPS) is 45.8. The highest BCUT2D eigenvalue weighted by atomic mass is 15.8. The molecule has 5 nitrogen and oxygen atoms in total. The van der Waals surface area contributed by atoms with E-state index in [1.165, 1.54) is 0 Å². The summed E-state index contributed by atoms with van der Waals surface area (Å²) >= 11 is 0. The van der Waals surface area contributed by atoms with Gasteiger partial charge >= 0.3 is 0 Å². The van der Waals surface area contributed by atoms with Crippen LogP contribution >= 0.6 is 0 Å². The molecule has 2 fully saturated rings. The second-order valence-corrected chi connectivity index (χ2v) is 3.19. The lowest BCUT2D eigenvalue weighted by Gasteiger charge is -2.31. The van der Waals surface area contributed by atoms with Crippen molar-refractivity contribution in [3.05, 3.63) is 0 Å². The number of hydrogen-bond acceptors (Lipinski definition) is 5. The fourth-order valence-electron chi connectivity index (χ4n) is 1.61. The zero-order valence-corrected chi connectivity index (χ0v) is 6.67. The molecule has 2 rings (SSSR count). The summed E-state index contributed by atoms with van der Waals surface area (Å²) in [5, 5.41) is 5.35. The number of fused-ring (bicyclic) bond motifs is 1. The molecule has 0 bridgehead atoms. The first-order valence-electron chi connectivity index (χ1n) is 4.07. The Kier molecular flexibility index (Phi) is 1.82. The molecule has 11 heavy (non-hydrogen) atoms. The molecule has 0 aromatic carbocycles. The first kappa shape index (κ1) is 7.45. The van der Waals surface area contributed by atoms with Crippen molar-refractivity contribution < 1.29 is 0 Å². The summed E-state index contributed by atoms with van der Waals surface area (Å²) < 4.78 is 0. The highest BCUT2D eigenvalue weighted by Gasteiger charge is 2.37. The van der Waals surface area contributed by atoms with Crippen molar-refractivity contribution in [3.8, 4) is 0 Å². The molecule has 2 aliphatic rings. The fourth-order valence-corrected chi connectivity index (χ4v) is 1.61. The van der Waals surface area contributed by atoms with Crippen LogP contribution in [0.2, 0.25) is 0 Å². The van der Waals surface area contributed by atoms with Gasteiger partial charge in [0.05, 0.1) is 12.3 Å². The minimum Gasteiger partial charge on any atom is -0.315 e.